The predicted octanol–water partition coefficient (Wildman–Crippen LogP) is -0.427. The van der Waals surface area contributed by atoms with Gasteiger partial charge in [0.2, 0.25) is 11.8 Å². The Bertz CT molecular complexity index is 432. The first-order valence-corrected chi connectivity index (χ1v) is 6.14. The molecule has 0 heterocycles. The van der Waals surface area contributed by atoms with Crippen molar-refractivity contribution in [2.24, 2.45) is 11.5 Å². The monoisotopic (exact) mass is 264 g/mol. The maximum atomic E-state index is 11.1. The van der Waals surface area contributed by atoms with Crippen LogP contribution in [0.25, 0.3) is 0 Å². The standard InChI is InChI=1S/C13H20N4O2/c1-2-16-7-10-5-3-4-6-11(10)17(8-12(14)18)9-13(15)19/h3-6,16H,2,7-9H2,1H3,(H2,14,18)(H2,15,19). The molecule has 1 rings (SSSR count). The van der Waals surface area contributed by atoms with Crippen LogP contribution in [-0.4, -0.2) is 31.4 Å². The van der Waals surface area contributed by atoms with Gasteiger partial charge in [-0.15, -0.1) is 0 Å². The lowest BCUT2D eigenvalue weighted by molar-refractivity contribution is -0.117. The number of hydrogen-bond acceptors (Lipinski definition) is 4. The second-order valence-electron chi connectivity index (χ2n) is 4.20. The average molecular weight is 264 g/mol. The number of amides is 2. The molecule has 0 atom stereocenters. The van der Waals surface area contributed by atoms with Gasteiger partial charge in [-0.05, 0) is 18.2 Å². The normalized spacial score (nSPS) is 10.2. The highest BCUT2D eigenvalue weighted by Crippen LogP contribution is 2.19. The topological polar surface area (TPSA) is 101 Å². The van der Waals surface area contributed by atoms with Gasteiger partial charge in [0.1, 0.15) is 0 Å². The average Bonchev–Trinajstić information content (AvgIpc) is 2.35. The molecule has 5 N–H and O–H groups in total. The highest BCUT2D eigenvalue weighted by Gasteiger charge is 2.15. The maximum absolute atomic E-state index is 11.1. The summed E-state index contributed by atoms with van der Waals surface area (Å²) in [4.78, 5) is 23.8. The number of rotatable bonds is 8. The summed E-state index contributed by atoms with van der Waals surface area (Å²) in [6.45, 7) is 3.42. The van der Waals surface area contributed by atoms with E-state index in [9.17, 15) is 9.59 Å². The molecule has 0 bridgehead atoms. The minimum atomic E-state index is -0.500. The zero-order valence-corrected chi connectivity index (χ0v) is 11.1. The third-order valence-corrected chi connectivity index (χ3v) is 2.59. The Morgan fingerprint density at radius 2 is 1.74 bits per heavy atom. The zero-order valence-electron chi connectivity index (χ0n) is 11.1. The molecule has 1 aromatic rings. The molecule has 0 aliphatic rings. The molecule has 0 spiro atoms. The molecule has 0 saturated heterocycles. The smallest absolute Gasteiger partial charge is 0.236 e. The summed E-state index contributed by atoms with van der Waals surface area (Å²) in [5.41, 5.74) is 12.2. The van der Waals surface area contributed by atoms with Gasteiger partial charge in [-0.3, -0.25) is 9.59 Å². The van der Waals surface area contributed by atoms with Crippen molar-refractivity contribution < 1.29 is 9.59 Å². The molecule has 2 amide bonds. The van der Waals surface area contributed by atoms with E-state index in [1.54, 1.807) is 4.90 Å². The second kappa shape index (κ2) is 7.38. The minimum Gasteiger partial charge on any atom is -0.368 e. The van der Waals surface area contributed by atoms with Crippen LogP contribution < -0.4 is 21.7 Å². The molecule has 0 saturated carbocycles. The third-order valence-electron chi connectivity index (χ3n) is 2.59. The fourth-order valence-corrected chi connectivity index (χ4v) is 1.83. The summed E-state index contributed by atoms with van der Waals surface area (Å²) >= 11 is 0. The number of anilines is 1. The summed E-state index contributed by atoms with van der Waals surface area (Å²) in [6, 6.07) is 7.54. The van der Waals surface area contributed by atoms with E-state index in [1.807, 2.05) is 31.2 Å². The van der Waals surface area contributed by atoms with Gasteiger partial charge in [0.15, 0.2) is 0 Å². The highest BCUT2D eigenvalue weighted by molar-refractivity contribution is 5.85. The predicted molar refractivity (Wildman–Crippen MR) is 74.4 cm³/mol. The number of nitrogens with one attached hydrogen (secondary N) is 1. The van der Waals surface area contributed by atoms with Crippen LogP contribution in [0.3, 0.4) is 0 Å². The van der Waals surface area contributed by atoms with Crippen LogP contribution >= 0.6 is 0 Å². The van der Waals surface area contributed by atoms with Gasteiger partial charge < -0.3 is 21.7 Å². The van der Waals surface area contributed by atoms with E-state index in [0.29, 0.717) is 6.54 Å². The Balaban J connectivity index is 2.98. The molecule has 0 radical (unpaired) electrons. The Morgan fingerprint density at radius 1 is 1.16 bits per heavy atom. The molecule has 0 aliphatic heterocycles. The molecule has 104 valence electrons. The summed E-state index contributed by atoms with van der Waals surface area (Å²) in [5, 5.41) is 3.21. The fraction of sp³-hybridized carbons (Fsp3) is 0.385. The van der Waals surface area contributed by atoms with Gasteiger partial charge in [0.05, 0.1) is 13.1 Å². The van der Waals surface area contributed by atoms with Gasteiger partial charge in [0.25, 0.3) is 0 Å². The molecular weight excluding hydrogens is 244 g/mol. The van der Waals surface area contributed by atoms with E-state index in [1.165, 1.54) is 0 Å². The number of carbonyl (C=O) groups is 2. The zero-order chi connectivity index (χ0) is 14.3. The van der Waals surface area contributed by atoms with Crippen molar-refractivity contribution in [1.29, 1.82) is 0 Å². The Morgan fingerprint density at radius 3 is 2.26 bits per heavy atom. The van der Waals surface area contributed by atoms with Crippen LogP contribution in [0.4, 0.5) is 5.69 Å². The molecule has 6 nitrogen and oxygen atoms in total. The Kier molecular flexibility index (Phi) is 5.81. The van der Waals surface area contributed by atoms with Gasteiger partial charge in [-0.1, -0.05) is 25.1 Å². The summed E-state index contributed by atoms with van der Waals surface area (Å²) in [7, 11) is 0. The molecule has 1 aromatic carbocycles. The molecule has 0 unspecified atom stereocenters. The highest BCUT2D eigenvalue weighted by atomic mass is 16.2. The van der Waals surface area contributed by atoms with Crippen molar-refractivity contribution in [3.63, 3.8) is 0 Å². The molecule has 0 aromatic heterocycles. The minimum absolute atomic E-state index is 0.0356. The van der Waals surface area contributed by atoms with E-state index in [2.05, 4.69) is 5.32 Å². The largest absolute Gasteiger partial charge is 0.368 e. The summed E-state index contributed by atoms with van der Waals surface area (Å²) in [6.07, 6.45) is 0. The van der Waals surface area contributed by atoms with Crippen molar-refractivity contribution in [2.45, 2.75) is 13.5 Å². The van der Waals surface area contributed by atoms with Gasteiger partial charge in [0, 0.05) is 12.2 Å². The Hall–Kier alpha value is -2.08. The first-order chi connectivity index (χ1) is 9.04. The first-order valence-electron chi connectivity index (χ1n) is 6.14. The Labute approximate surface area is 112 Å². The number of nitrogens with two attached hydrogens (primary N) is 2. The number of hydrogen-bond donors (Lipinski definition) is 3. The van der Waals surface area contributed by atoms with Crippen LogP contribution in [0.15, 0.2) is 24.3 Å². The molecular formula is C13H20N4O2. The van der Waals surface area contributed by atoms with Crippen molar-refractivity contribution in [1.82, 2.24) is 5.32 Å². The third kappa shape index (κ3) is 4.97. The molecule has 6 heteroatoms. The van der Waals surface area contributed by atoms with Crippen molar-refractivity contribution in [3.05, 3.63) is 29.8 Å². The van der Waals surface area contributed by atoms with Crippen LogP contribution in [0.5, 0.6) is 0 Å². The van der Waals surface area contributed by atoms with Gasteiger partial charge in [-0.2, -0.15) is 0 Å². The van der Waals surface area contributed by atoms with Crippen LogP contribution in [-0.2, 0) is 16.1 Å². The van der Waals surface area contributed by atoms with E-state index in [4.69, 9.17) is 11.5 Å². The SMILES string of the molecule is CCNCc1ccccc1N(CC(N)=O)CC(N)=O. The lowest BCUT2D eigenvalue weighted by atomic mass is 10.1. The first kappa shape index (κ1) is 15.0. The second-order valence-corrected chi connectivity index (χ2v) is 4.20. The fourth-order valence-electron chi connectivity index (χ4n) is 1.83. The van der Waals surface area contributed by atoms with Gasteiger partial charge >= 0.3 is 0 Å². The quantitative estimate of drug-likeness (QED) is 0.593. The van der Waals surface area contributed by atoms with E-state index in [-0.39, 0.29) is 13.1 Å². The van der Waals surface area contributed by atoms with Gasteiger partial charge in [-0.25, -0.2) is 0 Å². The number of nitrogens with zero attached hydrogens (tertiary/aromatic N) is 1. The molecule has 0 aliphatic carbocycles. The number of benzene rings is 1. The lowest BCUT2D eigenvalue weighted by Crippen LogP contribution is -2.40. The maximum Gasteiger partial charge on any atom is 0.236 e. The number of para-hydroxylation sites is 1. The van der Waals surface area contributed by atoms with Crippen LogP contribution in [0.1, 0.15) is 12.5 Å². The number of carbonyl (C=O) groups excluding carboxylic acids is 2. The van der Waals surface area contributed by atoms with E-state index >= 15 is 0 Å². The van der Waals surface area contributed by atoms with Crippen molar-refractivity contribution >= 4 is 17.5 Å². The summed E-state index contributed by atoms with van der Waals surface area (Å²) < 4.78 is 0. The molecule has 0 fully saturated rings. The summed E-state index contributed by atoms with van der Waals surface area (Å²) in [5.74, 6) is -1.00. The van der Waals surface area contributed by atoms with E-state index < -0.39 is 11.8 Å². The van der Waals surface area contributed by atoms with Crippen molar-refractivity contribution in [3.8, 4) is 0 Å². The number of primary amides is 2. The lowest BCUT2D eigenvalue weighted by Gasteiger charge is -2.24. The van der Waals surface area contributed by atoms with Crippen molar-refractivity contribution in [2.75, 3.05) is 24.5 Å². The van der Waals surface area contributed by atoms with Crippen LogP contribution in [0.2, 0.25) is 0 Å². The molecule has 19 heavy (non-hydrogen) atoms. The van der Waals surface area contributed by atoms with Crippen LogP contribution in [0, 0.1) is 0 Å². The van der Waals surface area contributed by atoms with E-state index in [0.717, 1.165) is 17.8 Å².